The maximum absolute atomic E-state index is 12.7. The van der Waals surface area contributed by atoms with E-state index in [0.29, 0.717) is 28.8 Å². The number of rotatable bonds is 8. The second-order valence-corrected chi connectivity index (χ2v) is 9.06. The van der Waals surface area contributed by atoms with E-state index in [1.54, 1.807) is 0 Å². The predicted molar refractivity (Wildman–Crippen MR) is 131 cm³/mol. The lowest BCUT2D eigenvalue weighted by molar-refractivity contribution is 0.242. The molecule has 0 atom stereocenters. The summed E-state index contributed by atoms with van der Waals surface area (Å²) in [4.78, 5) is 24.8. The van der Waals surface area contributed by atoms with E-state index < -0.39 is 0 Å². The van der Waals surface area contributed by atoms with Gasteiger partial charge in [-0.2, -0.15) is 0 Å². The molecule has 4 aromatic rings. The van der Waals surface area contributed by atoms with Crippen LogP contribution in [0.3, 0.4) is 0 Å². The van der Waals surface area contributed by atoms with Crippen molar-refractivity contribution in [2.75, 3.05) is 0 Å². The van der Waals surface area contributed by atoms with Crippen LogP contribution in [0.5, 0.6) is 5.75 Å². The highest BCUT2D eigenvalue weighted by Crippen LogP contribution is 2.27. The van der Waals surface area contributed by atoms with Crippen LogP contribution in [0, 0.1) is 13.8 Å². The van der Waals surface area contributed by atoms with Gasteiger partial charge in [0.25, 0.3) is 5.56 Å². The minimum atomic E-state index is -0.102. The van der Waals surface area contributed by atoms with Gasteiger partial charge in [0.1, 0.15) is 11.5 Å². The smallest absolute Gasteiger partial charge is 0.255 e. The Bertz CT molecular complexity index is 1280. The molecule has 33 heavy (non-hydrogen) atoms. The van der Waals surface area contributed by atoms with Gasteiger partial charge in [-0.15, -0.1) is 0 Å². The van der Waals surface area contributed by atoms with Crippen LogP contribution in [0.1, 0.15) is 42.1 Å². The first-order valence-electron chi connectivity index (χ1n) is 10.9. The molecule has 0 amide bonds. The number of oxazole rings is 1. The number of nitrogens with zero attached hydrogens (tertiary/aromatic N) is 2. The number of hydrogen-bond acceptors (Lipinski definition) is 6. The molecule has 170 valence electrons. The zero-order chi connectivity index (χ0) is 23.4. The highest BCUT2D eigenvalue weighted by Gasteiger charge is 2.14. The van der Waals surface area contributed by atoms with E-state index in [-0.39, 0.29) is 11.7 Å². The van der Waals surface area contributed by atoms with Crippen LogP contribution in [0.4, 0.5) is 0 Å². The second kappa shape index (κ2) is 10.1. The van der Waals surface area contributed by atoms with Gasteiger partial charge < -0.3 is 14.1 Å². The quantitative estimate of drug-likeness (QED) is 0.267. The van der Waals surface area contributed by atoms with Gasteiger partial charge in [0.05, 0.1) is 11.8 Å². The van der Waals surface area contributed by atoms with E-state index in [1.807, 2.05) is 82.3 Å². The highest BCUT2D eigenvalue weighted by molar-refractivity contribution is 7.98. The number of ether oxygens (including phenoxy) is 1. The number of hydrogen-bond donors (Lipinski definition) is 1. The van der Waals surface area contributed by atoms with Gasteiger partial charge in [-0.1, -0.05) is 42.1 Å². The van der Waals surface area contributed by atoms with Crippen LogP contribution >= 0.6 is 11.8 Å². The lowest BCUT2D eigenvalue weighted by Crippen LogP contribution is -2.17. The Morgan fingerprint density at radius 2 is 1.76 bits per heavy atom. The van der Waals surface area contributed by atoms with E-state index in [4.69, 9.17) is 9.15 Å². The summed E-state index contributed by atoms with van der Waals surface area (Å²) in [5, 5.41) is 0.577. The standard InChI is InChI=1S/C26H27N3O3S/c1-16(2)31-21-12-10-20(11-13-21)25-28-23(18(4)32-25)15-33-26-27-17(3)22(24(30)29-26)14-19-8-6-5-7-9-19/h5-13,16H,14-15H2,1-4H3,(H,27,29,30). The summed E-state index contributed by atoms with van der Waals surface area (Å²) in [6.45, 7) is 7.77. The van der Waals surface area contributed by atoms with Gasteiger partial charge in [0, 0.05) is 29.0 Å². The fraction of sp³-hybridized carbons (Fsp3) is 0.269. The molecule has 1 N–H and O–H groups in total. The monoisotopic (exact) mass is 461 g/mol. The zero-order valence-electron chi connectivity index (χ0n) is 19.2. The average Bonchev–Trinajstić information content (AvgIpc) is 3.16. The third-order valence-electron chi connectivity index (χ3n) is 5.14. The van der Waals surface area contributed by atoms with E-state index in [9.17, 15) is 4.79 Å². The minimum absolute atomic E-state index is 0.102. The van der Waals surface area contributed by atoms with Crippen molar-refractivity contribution in [3.63, 3.8) is 0 Å². The van der Waals surface area contributed by atoms with Crippen molar-refractivity contribution in [2.45, 2.75) is 51.1 Å². The Kier molecular flexibility index (Phi) is 6.99. The van der Waals surface area contributed by atoms with Crippen molar-refractivity contribution in [1.82, 2.24) is 15.0 Å². The first-order valence-corrected chi connectivity index (χ1v) is 11.9. The van der Waals surface area contributed by atoms with Crippen molar-refractivity contribution in [1.29, 1.82) is 0 Å². The van der Waals surface area contributed by atoms with Crippen molar-refractivity contribution < 1.29 is 9.15 Å². The SMILES string of the molecule is Cc1nc(SCc2nc(-c3ccc(OC(C)C)cc3)oc2C)[nH]c(=O)c1Cc1ccccc1. The number of aromatic amines is 1. The third-order valence-corrected chi connectivity index (χ3v) is 6.02. The van der Waals surface area contributed by atoms with Gasteiger partial charge in [-0.05, 0) is 57.5 Å². The van der Waals surface area contributed by atoms with Gasteiger partial charge in [0.15, 0.2) is 5.16 Å². The molecule has 0 aliphatic carbocycles. The maximum atomic E-state index is 12.7. The summed E-state index contributed by atoms with van der Waals surface area (Å²) < 4.78 is 11.6. The molecule has 2 aromatic carbocycles. The molecule has 6 nitrogen and oxygen atoms in total. The van der Waals surface area contributed by atoms with E-state index in [1.165, 1.54) is 11.8 Å². The van der Waals surface area contributed by atoms with Crippen LogP contribution in [-0.2, 0) is 12.2 Å². The van der Waals surface area contributed by atoms with Crippen LogP contribution in [0.15, 0.2) is 69.0 Å². The molecule has 0 aliphatic heterocycles. The van der Waals surface area contributed by atoms with Gasteiger partial charge in [0.2, 0.25) is 5.89 Å². The van der Waals surface area contributed by atoms with E-state index >= 15 is 0 Å². The highest BCUT2D eigenvalue weighted by atomic mass is 32.2. The molecule has 0 aliphatic rings. The molecule has 0 bridgehead atoms. The zero-order valence-corrected chi connectivity index (χ0v) is 20.0. The molecule has 4 rings (SSSR count). The van der Waals surface area contributed by atoms with Crippen molar-refractivity contribution in [3.05, 3.63) is 93.2 Å². The summed E-state index contributed by atoms with van der Waals surface area (Å²) in [5.74, 6) is 2.67. The maximum Gasteiger partial charge on any atom is 0.255 e. The van der Waals surface area contributed by atoms with Crippen molar-refractivity contribution in [3.8, 4) is 17.2 Å². The van der Waals surface area contributed by atoms with Crippen LogP contribution < -0.4 is 10.3 Å². The Labute approximate surface area is 197 Å². The topological polar surface area (TPSA) is 81.0 Å². The molecule has 0 unspecified atom stereocenters. The normalized spacial score (nSPS) is 11.2. The summed E-state index contributed by atoms with van der Waals surface area (Å²) in [6.07, 6.45) is 0.687. The molecule has 2 aromatic heterocycles. The molecule has 0 saturated heterocycles. The summed E-state index contributed by atoms with van der Waals surface area (Å²) in [5.41, 5.74) is 4.13. The molecular formula is C26H27N3O3S. The fourth-order valence-corrected chi connectivity index (χ4v) is 4.34. The lowest BCUT2D eigenvalue weighted by atomic mass is 10.1. The van der Waals surface area contributed by atoms with Crippen LogP contribution in [0.2, 0.25) is 0 Å². The van der Waals surface area contributed by atoms with E-state index in [0.717, 1.165) is 34.0 Å². The molecule has 0 fully saturated rings. The number of benzene rings is 2. The summed E-state index contributed by atoms with van der Waals surface area (Å²) >= 11 is 1.44. The summed E-state index contributed by atoms with van der Waals surface area (Å²) in [6, 6.07) is 17.6. The number of nitrogens with one attached hydrogen (secondary N) is 1. The number of thioether (sulfide) groups is 1. The first-order chi connectivity index (χ1) is 15.9. The lowest BCUT2D eigenvalue weighted by Gasteiger charge is -2.09. The molecule has 0 saturated carbocycles. The van der Waals surface area contributed by atoms with Crippen LogP contribution in [0.25, 0.3) is 11.5 Å². The summed E-state index contributed by atoms with van der Waals surface area (Å²) in [7, 11) is 0. The largest absolute Gasteiger partial charge is 0.491 e. The second-order valence-electron chi connectivity index (χ2n) is 8.10. The van der Waals surface area contributed by atoms with Gasteiger partial charge in [-0.25, -0.2) is 9.97 Å². The number of aryl methyl sites for hydroxylation is 2. The van der Waals surface area contributed by atoms with E-state index in [2.05, 4.69) is 15.0 Å². The van der Waals surface area contributed by atoms with Gasteiger partial charge in [-0.3, -0.25) is 4.79 Å². The molecule has 2 heterocycles. The van der Waals surface area contributed by atoms with Crippen molar-refractivity contribution in [2.24, 2.45) is 0 Å². The van der Waals surface area contributed by atoms with Crippen molar-refractivity contribution >= 4 is 11.8 Å². The average molecular weight is 462 g/mol. The number of H-pyrrole nitrogens is 1. The Balaban J connectivity index is 1.45. The molecule has 7 heteroatoms. The number of aromatic nitrogens is 3. The molecule has 0 spiro atoms. The Morgan fingerprint density at radius 1 is 1.03 bits per heavy atom. The fourth-order valence-electron chi connectivity index (χ4n) is 3.43. The van der Waals surface area contributed by atoms with Crippen LogP contribution in [-0.4, -0.2) is 21.1 Å². The third kappa shape index (κ3) is 5.73. The Morgan fingerprint density at radius 3 is 2.42 bits per heavy atom. The Hall–Kier alpha value is -3.32. The van der Waals surface area contributed by atoms with Gasteiger partial charge >= 0.3 is 0 Å². The first kappa shape index (κ1) is 22.9. The molecular weight excluding hydrogens is 434 g/mol. The molecule has 0 radical (unpaired) electrons. The minimum Gasteiger partial charge on any atom is -0.491 e. The predicted octanol–water partition coefficient (Wildman–Crippen LogP) is 5.71.